The normalized spacial score (nSPS) is 11.2. The molecular formula is C18H16Cl3N3O2. The summed E-state index contributed by atoms with van der Waals surface area (Å²) in [6.45, 7) is 1.65. The number of carbonyl (C=O) groups excluding carboxylic acids is 2. The summed E-state index contributed by atoms with van der Waals surface area (Å²) in [7, 11) is 0. The maximum atomic E-state index is 12.0. The van der Waals surface area contributed by atoms with Crippen molar-refractivity contribution in [2.75, 3.05) is 5.32 Å². The molecule has 0 spiro atoms. The van der Waals surface area contributed by atoms with Crippen LogP contribution >= 0.6 is 34.8 Å². The summed E-state index contributed by atoms with van der Waals surface area (Å²) in [4.78, 5) is 23.9. The molecular weight excluding hydrogens is 397 g/mol. The van der Waals surface area contributed by atoms with Crippen LogP contribution in [0.1, 0.15) is 18.9 Å². The zero-order chi connectivity index (χ0) is 19.1. The van der Waals surface area contributed by atoms with Crippen LogP contribution in [0.25, 0.3) is 0 Å². The highest BCUT2D eigenvalue weighted by Gasteiger charge is 2.07. The smallest absolute Gasteiger partial charge is 0.244 e. The molecule has 0 aliphatic heterocycles. The summed E-state index contributed by atoms with van der Waals surface area (Å²) >= 11 is 17.5. The zero-order valence-corrected chi connectivity index (χ0v) is 16.1. The standard InChI is InChI=1S/C18H16Cl3N3O2/c1-11(8-17(25)22-14-6-7-15(20)16(21)10-14)23-24-18(26)9-12-2-4-13(19)5-3-12/h2-7,10H,8-9H2,1H3,(H,22,25)(H,24,26)/b23-11-. The zero-order valence-electron chi connectivity index (χ0n) is 13.9. The quantitative estimate of drug-likeness (QED) is 0.533. The molecule has 2 aromatic rings. The minimum absolute atomic E-state index is 0.0292. The monoisotopic (exact) mass is 411 g/mol. The van der Waals surface area contributed by atoms with Gasteiger partial charge in [-0.1, -0.05) is 46.9 Å². The van der Waals surface area contributed by atoms with Gasteiger partial charge in [-0.25, -0.2) is 5.43 Å². The molecule has 0 heterocycles. The highest BCUT2D eigenvalue weighted by atomic mass is 35.5. The van der Waals surface area contributed by atoms with Crippen molar-refractivity contribution in [2.24, 2.45) is 5.10 Å². The predicted molar refractivity (Wildman–Crippen MR) is 106 cm³/mol. The van der Waals surface area contributed by atoms with E-state index in [4.69, 9.17) is 34.8 Å². The van der Waals surface area contributed by atoms with Crippen molar-refractivity contribution in [3.05, 3.63) is 63.1 Å². The van der Waals surface area contributed by atoms with Gasteiger partial charge in [-0.15, -0.1) is 0 Å². The maximum Gasteiger partial charge on any atom is 0.244 e. The van der Waals surface area contributed by atoms with Crippen LogP contribution in [0, 0.1) is 0 Å². The predicted octanol–water partition coefficient (Wildman–Crippen LogP) is 4.71. The largest absolute Gasteiger partial charge is 0.326 e. The van der Waals surface area contributed by atoms with E-state index in [9.17, 15) is 9.59 Å². The van der Waals surface area contributed by atoms with Gasteiger partial charge in [0.15, 0.2) is 0 Å². The number of benzene rings is 2. The lowest BCUT2D eigenvalue weighted by atomic mass is 10.1. The number of amides is 2. The van der Waals surface area contributed by atoms with Crippen molar-refractivity contribution in [1.82, 2.24) is 5.43 Å². The molecule has 5 nitrogen and oxygen atoms in total. The Bertz CT molecular complexity index is 836. The third kappa shape index (κ3) is 6.67. The first-order chi connectivity index (χ1) is 12.3. The molecule has 0 saturated carbocycles. The van der Waals surface area contributed by atoms with Gasteiger partial charge in [0, 0.05) is 16.4 Å². The fourth-order valence-corrected chi connectivity index (χ4v) is 2.46. The van der Waals surface area contributed by atoms with Crippen molar-refractivity contribution in [1.29, 1.82) is 0 Å². The Morgan fingerprint density at radius 2 is 1.65 bits per heavy atom. The average Bonchev–Trinajstić information content (AvgIpc) is 2.58. The topological polar surface area (TPSA) is 70.6 Å². The van der Waals surface area contributed by atoms with Crippen molar-refractivity contribution in [3.8, 4) is 0 Å². The summed E-state index contributed by atoms with van der Waals surface area (Å²) in [5, 5.41) is 7.99. The van der Waals surface area contributed by atoms with Gasteiger partial charge in [0.1, 0.15) is 0 Å². The van der Waals surface area contributed by atoms with Crippen molar-refractivity contribution < 1.29 is 9.59 Å². The van der Waals surface area contributed by atoms with Gasteiger partial charge in [-0.2, -0.15) is 5.10 Å². The number of nitrogens with one attached hydrogen (secondary N) is 2. The number of rotatable bonds is 6. The Balaban J connectivity index is 1.82. The van der Waals surface area contributed by atoms with Gasteiger partial charge in [0.25, 0.3) is 0 Å². The Morgan fingerprint density at radius 1 is 0.962 bits per heavy atom. The summed E-state index contributed by atoms with van der Waals surface area (Å²) < 4.78 is 0. The number of halogens is 3. The molecule has 0 atom stereocenters. The van der Waals surface area contributed by atoms with E-state index in [0.717, 1.165) is 5.56 Å². The van der Waals surface area contributed by atoms with E-state index in [0.29, 0.717) is 26.5 Å². The first kappa shape index (κ1) is 20.2. The second-order valence-electron chi connectivity index (χ2n) is 5.54. The molecule has 2 N–H and O–H groups in total. The number of hydrogen-bond donors (Lipinski definition) is 2. The summed E-state index contributed by atoms with van der Waals surface area (Å²) in [6, 6.07) is 11.8. The molecule has 8 heteroatoms. The highest BCUT2D eigenvalue weighted by molar-refractivity contribution is 6.42. The SMILES string of the molecule is C/C(CC(=O)Nc1ccc(Cl)c(Cl)c1)=N/NC(=O)Cc1ccc(Cl)cc1. The molecule has 0 aliphatic carbocycles. The van der Waals surface area contributed by atoms with E-state index >= 15 is 0 Å². The minimum Gasteiger partial charge on any atom is -0.326 e. The van der Waals surface area contributed by atoms with Gasteiger partial charge in [0.05, 0.1) is 22.9 Å². The van der Waals surface area contributed by atoms with Crippen LogP contribution in [0.4, 0.5) is 5.69 Å². The van der Waals surface area contributed by atoms with E-state index in [2.05, 4.69) is 15.8 Å². The molecule has 0 unspecified atom stereocenters. The molecule has 0 radical (unpaired) electrons. The molecule has 0 saturated heterocycles. The summed E-state index contributed by atoms with van der Waals surface area (Å²) in [5.41, 5.74) is 4.24. The molecule has 0 bridgehead atoms. The Morgan fingerprint density at radius 3 is 2.31 bits per heavy atom. The molecule has 2 rings (SSSR count). The van der Waals surface area contributed by atoms with Gasteiger partial charge in [-0.3, -0.25) is 9.59 Å². The second kappa shape index (κ2) is 9.57. The summed E-state index contributed by atoms with van der Waals surface area (Å²) in [5.74, 6) is -0.562. The Kier molecular flexibility index (Phi) is 7.45. The van der Waals surface area contributed by atoms with E-state index in [1.807, 2.05) is 0 Å². The lowest BCUT2D eigenvalue weighted by Crippen LogP contribution is -2.22. The van der Waals surface area contributed by atoms with E-state index in [1.54, 1.807) is 49.4 Å². The first-order valence-corrected chi connectivity index (χ1v) is 8.78. The minimum atomic E-state index is -0.281. The lowest BCUT2D eigenvalue weighted by molar-refractivity contribution is -0.120. The van der Waals surface area contributed by atoms with Gasteiger partial charge in [-0.05, 0) is 42.8 Å². The maximum absolute atomic E-state index is 12.0. The third-order valence-electron chi connectivity index (χ3n) is 3.27. The van der Waals surface area contributed by atoms with Crippen LogP contribution in [-0.4, -0.2) is 17.5 Å². The van der Waals surface area contributed by atoms with Gasteiger partial charge in [0.2, 0.25) is 11.8 Å². The van der Waals surface area contributed by atoms with Gasteiger partial charge < -0.3 is 5.32 Å². The van der Waals surface area contributed by atoms with Crippen LogP contribution in [0.2, 0.25) is 15.1 Å². The Hall–Kier alpha value is -2.08. The van der Waals surface area contributed by atoms with Crippen molar-refractivity contribution in [3.63, 3.8) is 0 Å². The molecule has 136 valence electrons. The molecule has 0 fully saturated rings. The van der Waals surface area contributed by atoms with E-state index in [-0.39, 0.29) is 24.7 Å². The number of carbonyl (C=O) groups is 2. The van der Waals surface area contributed by atoms with Crippen LogP contribution in [0.15, 0.2) is 47.6 Å². The Labute approximate surface area is 166 Å². The van der Waals surface area contributed by atoms with E-state index in [1.165, 1.54) is 0 Å². The molecule has 26 heavy (non-hydrogen) atoms. The van der Waals surface area contributed by atoms with Crippen LogP contribution in [-0.2, 0) is 16.0 Å². The van der Waals surface area contributed by atoms with Crippen molar-refractivity contribution in [2.45, 2.75) is 19.8 Å². The third-order valence-corrected chi connectivity index (χ3v) is 4.26. The molecule has 0 aliphatic rings. The highest BCUT2D eigenvalue weighted by Crippen LogP contribution is 2.25. The first-order valence-electron chi connectivity index (χ1n) is 7.65. The van der Waals surface area contributed by atoms with Crippen LogP contribution in [0.3, 0.4) is 0 Å². The number of nitrogens with zero attached hydrogens (tertiary/aromatic N) is 1. The fraction of sp³-hybridized carbons (Fsp3) is 0.167. The second-order valence-corrected chi connectivity index (χ2v) is 6.79. The van der Waals surface area contributed by atoms with Crippen LogP contribution < -0.4 is 10.7 Å². The fourth-order valence-electron chi connectivity index (χ4n) is 2.04. The van der Waals surface area contributed by atoms with Gasteiger partial charge >= 0.3 is 0 Å². The van der Waals surface area contributed by atoms with E-state index < -0.39 is 0 Å². The van der Waals surface area contributed by atoms with Crippen molar-refractivity contribution >= 4 is 58.0 Å². The molecule has 0 aromatic heterocycles. The molecule has 2 aromatic carbocycles. The average molecular weight is 413 g/mol. The lowest BCUT2D eigenvalue weighted by Gasteiger charge is -2.07. The molecule has 2 amide bonds. The number of anilines is 1. The number of hydrazone groups is 1. The summed E-state index contributed by atoms with van der Waals surface area (Å²) in [6.07, 6.45) is 0.199. The van der Waals surface area contributed by atoms with Crippen LogP contribution in [0.5, 0.6) is 0 Å². The number of hydrogen-bond acceptors (Lipinski definition) is 3.